The number of likely N-dealkylation sites (tertiary alicyclic amines) is 1. The summed E-state index contributed by atoms with van der Waals surface area (Å²) in [6.07, 6.45) is 3.47. The molecule has 3 amide bonds. The van der Waals surface area contributed by atoms with E-state index in [4.69, 9.17) is 0 Å². The monoisotopic (exact) mass is 378 g/mol. The number of amides is 3. The van der Waals surface area contributed by atoms with Crippen LogP contribution in [0.3, 0.4) is 0 Å². The van der Waals surface area contributed by atoms with Crippen LogP contribution in [0.4, 0.5) is 5.69 Å². The molecule has 3 atom stereocenters. The molecule has 1 heterocycles. The standard InChI is InChI=1S/C17H19BrN2O3/c1-10(15(21)19-12-8-6-11(18)7-9-12)20-16(22)13-4-2-3-5-14(13)17(20)23/h6-10,13-14H,2-5H2,1H3,(H,19,21)/t10-,13?,14?/m0/s1. The molecule has 2 aliphatic rings. The van der Waals surface area contributed by atoms with Gasteiger partial charge in [-0.15, -0.1) is 0 Å². The minimum atomic E-state index is -0.788. The van der Waals surface area contributed by atoms with Gasteiger partial charge in [-0.3, -0.25) is 19.3 Å². The summed E-state index contributed by atoms with van der Waals surface area (Å²) >= 11 is 3.33. The SMILES string of the molecule is C[C@@H](C(=O)Nc1ccc(Br)cc1)N1C(=O)C2CCCCC2C1=O. The molecule has 0 bridgehead atoms. The number of fused-ring (bicyclic) bond motifs is 1. The number of anilines is 1. The third-order valence-corrected chi connectivity index (χ3v) is 5.28. The molecule has 23 heavy (non-hydrogen) atoms. The number of benzene rings is 1. The molecule has 1 aliphatic carbocycles. The van der Waals surface area contributed by atoms with Gasteiger partial charge in [0.25, 0.3) is 0 Å². The van der Waals surface area contributed by atoms with Crippen LogP contribution in [0.2, 0.25) is 0 Å². The maximum absolute atomic E-state index is 12.5. The first-order valence-electron chi connectivity index (χ1n) is 7.92. The summed E-state index contributed by atoms with van der Waals surface area (Å²) in [6.45, 7) is 1.61. The number of hydrogen-bond acceptors (Lipinski definition) is 3. The first-order chi connectivity index (χ1) is 11.0. The predicted octanol–water partition coefficient (Wildman–Crippen LogP) is 2.95. The highest BCUT2D eigenvalue weighted by Crippen LogP contribution is 2.38. The average Bonchev–Trinajstić information content (AvgIpc) is 2.81. The lowest BCUT2D eigenvalue weighted by Crippen LogP contribution is -2.46. The Morgan fingerprint density at radius 1 is 1.13 bits per heavy atom. The van der Waals surface area contributed by atoms with Crippen LogP contribution in [0.25, 0.3) is 0 Å². The van der Waals surface area contributed by atoms with Crippen LogP contribution in [0.5, 0.6) is 0 Å². The molecule has 1 saturated carbocycles. The number of imide groups is 1. The molecule has 0 radical (unpaired) electrons. The van der Waals surface area contributed by atoms with Crippen LogP contribution in [0.15, 0.2) is 28.7 Å². The zero-order valence-electron chi connectivity index (χ0n) is 12.9. The van der Waals surface area contributed by atoms with E-state index < -0.39 is 6.04 Å². The molecule has 1 aromatic carbocycles. The Morgan fingerprint density at radius 2 is 1.65 bits per heavy atom. The van der Waals surface area contributed by atoms with Gasteiger partial charge < -0.3 is 5.32 Å². The molecule has 1 aromatic rings. The maximum Gasteiger partial charge on any atom is 0.247 e. The fourth-order valence-corrected chi connectivity index (χ4v) is 3.73. The number of carbonyl (C=O) groups excluding carboxylic acids is 3. The second-order valence-electron chi connectivity index (χ2n) is 6.22. The number of hydrogen-bond donors (Lipinski definition) is 1. The third-order valence-electron chi connectivity index (χ3n) is 4.75. The maximum atomic E-state index is 12.5. The Morgan fingerprint density at radius 3 is 2.17 bits per heavy atom. The van der Waals surface area contributed by atoms with Crippen molar-refractivity contribution in [3.63, 3.8) is 0 Å². The van der Waals surface area contributed by atoms with Gasteiger partial charge in [0.05, 0.1) is 11.8 Å². The van der Waals surface area contributed by atoms with Gasteiger partial charge in [-0.25, -0.2) is 0 Å². The van der Waals surface area contributed by atoms with E-state index in [1.165, 1.54) is 4.90 Å². The van der Waals surface area contributed by atoms with Gasteiger partial charge in [0.15, 0.2) is 0 Å². The van der Waals surface area contributed by atoms with E-state index in [2.05, 4.69) is 21.2 Å². The molecule has 6 heteroatoms. The molecule has 122 valence electrons. The van der Waals surface area contributed by atoms with Gasteiger partial charge in [-0.2, -0.15) is 0 Å². The molecule has 3 rings (SSSR count). The summed E-state index contributed by atoms with van der Waals surface area (Å²) in [4.78, 5) is 38.6. The second-order valence-corrected chi connectivity index (χ2v) is 7.13. The Bertz CT molecular complexity index is 620. The van der Waals surface area contributed by atoms with E-state index in [0.717, 1.165) is 30.2 Å². The lowest BCUT2D eigenvalue weighted by atomic mass is 9.81. The predicted molar refractivity (Wildman–Crippen MR) is 89.5 cm³/mol. The van der Waals surface area contributed by atoms with E-state index in [1.54, 1.807) is 19.1 Å². The number of nitrogens with zero attached hydrogens (tertiary/aromatic N) is 1. The highest BCUT2D eigenvalue weighted by Gasteiger charge is 2.50. The van der Waals surface area contributed by atoms with Crippen molar-refractivity contribution in [1.82, 2.24) is 4.90 Å². The molecule has 1 N–H and O–H groups in total. The largest absolute Gasteiger partial charge is 0.324 e. The molecule has 1 saturated heterocycles. The van der Waals surface area contributed by atoms with Gasteiger partial charge in [0.1, 0.15) is 6.04 Å². The summed E-state index contributed by atoms with van der Waals surface area (Å²) < 4.78 is 0.914. The van der Waals surface area contributed by atoms with Crippen LogP contribution in [0.1, 0.15) is 32.6 Å². The van der Waals surface area contributed by atoms with Gasteiger partial charge in [0.2, 0.25) is 17.7 Å². The van der Waals surface area contributed by atoms with E-state index in [9.17, 15) is 14.4 Å². The van der Waals surface area contributed by atoms with Gasteiger partial charge in [0, 0.05) is 10.2 Å². The molecule has 5 nitrogen and oxygen atoms in total. The lowest BCUT2D eigenvalue weighted by Gasteiger charge is -2.22. The molecule has 0 aromatic heterocycles. The van der Waals surface area contributed by atoms with Gasteiger partial charge in [-0.1, -0.05) is 28.8 Å². The molecular weight excluding hydrogens is 360 g/mol. The van der Waals surface area contributed by atoms with Crippen LogP contribution in [-0.4, -0.2) is 28.7 Å². The molecule has 2 unspecified atom stereocenters. The number of nitrogens with one attached hydrogen (secondary N) is 1. The van der Waals surface area contributed by atoms with Crippen molar-refractivity contribution in [2.75, 3.05) is 5.32 Å². The van der Waals surface area contributed by atoms with Crippen LogP contribution < -0.4 is 5.32 Å². The Hall–Kier alpha value is -1.69. The summed E-state index contributed by atoms with van der Waals surface area (Å²) in [5.41, 5.74) is 0.640. The first-order valence-corrected chi connectivity index (χ1v) is 8.71. The number of halogens is 1. The molecule has 0 spiro atoms. The molecule has 1 aliphatic heterocycles. The van der Waals surface area contributed by atoms with Crippen molar-refractivity contribution in [3.05, 3.63) is 28.7 Å². The molecular formula is C17H19BrN2O3. The number of carbonyl (C=O) groups is 3. The van der Waals surface area contributed by atoms with Crippen LogP contribution >= 0.6 is 15.9 Å². The third kappa shape index (κ3) is 3.04. The van der Waals surface area contributed by atoms with Gasteiger partial charge in [-0.05, 0) is 44.0 Å². The van der Waals surface area contributed by atoms with Crippen molar-refractivity contribution < 1.29 is 14.4 Å². The zero-order chi connectivity index (χ0) is 16.6. The average molecular weight is 379 g/mol. The van der Waals surface area contributed by atoms with Crippen molar-refractivity contribution in [1.29, 1.82) is 0 Å². The van der Waals surface area contributed by atoms with Crippen molar-refractivity contribution in [2.24, 2.45) is 11.8 Å². The number of rotatable bonds is 3. The minimum absolute atomic E-state index is 0.182. The lowest BCUT2D eigenvalue weighted by molar-refractivity contribution is -0.146. The van der Waals surface area contributed by atoms with Crippen molar-refractivity contribution in [3.8, 4) is 0 Å². The van der Waals surface area contributed by atoms with E-state index >= 15 is 0 Å². The summed E-state index contributed by atoms with van der Waals surface area (Å²) in [7, 11) is 0. The van der Waals surface area contributed by atoms with Crippen LogP contribution in [-0.2, 0) is 14.4 Å². The quantitative estimate of drug-likeness (QED) is 0.822. The zero-order valence-corrected chi connectivity index (χ0v) is 14.5. The van der Waals surface area contributed by atoms with Crippen LogP contribution in [0, 0.1) is 11.8 Å². The van der Waals surface area contributed by atoms with Crippen molar-refractivity contribution >= 4 is 39.3 Å². The fourth-order valence-electron chi connectivity index (χ4n) is 3.47. The van der Waals surface area contributed by atoms with E-state index in [-0.39, 0.29) is 29.6 Å². The van der Waals surface area contributed by atoms with E-state index in [1.807, 2.05) is 12.1 Å². The fraction of sp³-hybridized carbons (Fsp3) is 0.471. The smallest absolute Gasteiger partial charge is 0.247 e. The van der Waals surface area contributed by atoms with E-state index in [0.29, 0.717) is 5.69 Å². The second kappa shape index (κ2) is 6.43. The minimum Gasteiger partial charge on any atom is -0.324 e. The topological polar surface area (TPSA) is 66.5 Å². The Labute approximate surface area is 143 Å². The van der Waals surface area contributed by atoms with Gasteiger partial charge >= 0.3 is 0 Å². The summed E-state index contributed by atoms with van der Waals surface area (Å²) in [5.74, 6) is -1.15. The Balaban J connectivity index is 1.72. The summed E-state index contributed by atoms with van der Waals surface area (Å²) in [5, 5.41) is 2.76. The Kier molecular flexibility index (Phi) is 4.53. The first kappa shape index (κ1) is 16.2. The normalized spacial score (nSPS) is 25.2. The summed E-state index contributed by atoms with van der Waals surface area (Å²) in [6, 6.07) is 6.39. The van der Waals surface area contributed by atoms with Crippen molar-refractivity contribution in [2.45, 2.75) is 38.6 Å². The molecule has 2 fully saturated rings. The highest BCUT2D eigenvalue weighted by molar-refractivity contribution is 9.10. The highest BCUT2D eigenvalue weighted by atomic mass is 79.9.